The molecule has 0 unspecified atom stereocenters. The van der Waals surface area contributed by atoms with E-state index in [2.05, 4.69) is 5.32 Å². The van der Waals surface area contributed by atoms with Crippen LogP contribution in [0.5, 0.6) is 0 Å². The molecular weight excluding hydrogens is 275 g/mol. The maximum absolute atomic E-state index is 13.4. The first-order chi connectivity index (χ1) is 9.71. The Balaban J connectivity index is 1.80. The van der Waals surface area contributed by atoms with Crippen LogP contribution in [0.25, 0.3) is 0 Å². The zero-order valence-electron chi connectivity index (χ0n) is 12.2. The smallest absolute Gasteiger partial charge is 0.410 e. The molecule has 0 atom stereocenters. The molecule has 1 spiro atoms. The second kappa shape index (κ2) is 4.19. The Morgan fingerprint density at radius 1 is 1.38 bits per heavy atom. The lowest BCUT2D eigenvalue weighted by atomic mass is 9.75. The summed E-state index contributed by atoms with van der Waals surface area (Å²) in [6.45, 7) is 5.78. The highest BCUT2D eigenvalue weighted by atomic mass is 19.1. The quantitative estimate of drug-likeness (QED) is 0.798. The minimum Gasteiger partial charge on any atom is -0.444 e. The van der Waals surface area contributed by atoms with Crippen LogP contribution in [-0.2, 0) is 14.9 Å². The summed E-state index contributed by atoms with van der Waals surface area (Å²) in [6.07, 6.45) is -0.453. The highest BCUT2D eigenvalue weighted by molar-refractivity contribution is 6.08. The van der Waals surface area contributed by atoms with E-state index < -0.39 is 17.1 Å². The van der Waals surface area contributed by atoms with Gasteiger partial charge in [-0.3, -0.25) is 4.79 Å². The van der Waals surface area contributed by atoms with E-state index in [1.807, 2.05) is 0 Å². The van der Waals surface area contributed by atoms with Crippen molar-refractivity contribution < 1.29 is 18.7 Å². The zero-order chi connectivity index (χ0) is 15.4. The van der Waals surface area contributed by atoms with Gasteiger partial charge < -0.3 is 15.0 Å². The van der Waals surface area contributed by atoms with E-state index in [-0.39, 0.29) is 24.8 Å². The SMILES string of the molecule is CC(C)(C)OC(=O)N1CC2(C1)C(=O)Nc1ccc(F)cc12. The summed E-state index contributed by atoms with van der Waals surface area (Å²) in [6, 6.07) is 4.22. The molecule has 0 radical (unpaired) electrons. The minimum absolute atomic E-state index is 0.192. The molecule has 5 nitrogen and oxygen atoms in total. The predicted molar refractivity (Wildman–Crippen MR) is 74.5 cm³/mol. The van der Waals surface area contributed by atoms with Crippen molar-refractivity contribution in [3.8, 4) is 0 Å². The van der Waals surface area contributed by atoms with Crippen molar-refractivity contribution in [2.24, 2.45) is 0 Å². The highest BCUT2D eigenvalue weighted by Crippen LogP contribution is 2.44. The highest BCUT2D eigenvalue weighted by Gasteiger charge is 2.57. The molecule has 21 heavy (non-hydrogen) atoms. The maximum Gasteiger partial charge on any atom is 0.410 e. The Morgan fingerprint density at radius 3 is 2.67 bits per heavy atom. The summed E-state index contributed by atoms with van der Waals surface area (Å²) < 4.78 is 18.7. The number of anilines is 1. The van der Waals surface area contributed by atoms with Crippen molar-refractivity contribution in [3.63, 3.8) is 0 Å². The Labute approximate surface area is 122 Å². The molecule has 3 rings (SSSR count). The number of carbonyl (C=O) groups excluding carboxylic acids is 2. The number of benzene rings is 1. The van der Waals surface area contributed by atoms with Crippen LogP contribution < -0.4 is 5.32 Å². The molecule has 1 N–H and O–H groups in total. The van der Waals surface area contributed by atoms with Crippen LogP contribution >= 0.6 is 0 Å². The normalized spacial score (nSPS) is 19.0. The van der Waals surface area contributed by atoms with E-state index >= 15 is 0 Å². The summed E-state index contributed by atoms with van der Waals surface area (Å²) >= 11 is 0. The van der Waals surface area contributed by atoms with E-state index in [1.165, 1.54) is 17.0 Å². The van der Waals surface area contributed by atoms with Gasteiger partial charge in [-0.15, -0.1) is 0 Å². The fourth-order valence-corrected chi connectivity index (χ4v) is 2.76. The summed E-state index contributed by atoms with van der Waals surface area (Å²) in [5.74, 6) is -0.580. The van der Waals surface area contributed by atoms with E-state index in [4.69, 9.17) is 4.74 Å². The molecule has 1 aromatic rings. The fraction of sp³-hybridized carbons (Fsp3) is 0.467. The number of nitrogens with zero attached hydrogens (tertiary/aromatic N) is 1. The lowest BCUT2D eigenvalue weighted by Gasteiger charge is -2.46. The van der Waals surface area contributed by atoms with Crippen LogP contribution in [0.1, 0.15) is 26.3 Å². The number of carbonyl (C=O) groups is 2. The van der Waals surface area contributed by atoms with E-state index in [9.17, 15) is 14.0 Å². The maximum atomic E-state index is 13.4. The Bertz CT molecular complexity index is 630. The largest absolute Gasteiger partial charge is 0.444 e. The van der Waals surface area contributed by atoms with Crippen molar-refractivity contribution in [3.05, 3.63) is 29.6 Å². The van der Waals surface area contributed by atoms with E-state index in [0.29, 0.717) is 11.3 Å². The molecule has 0 saturated carbocycles. The van der Waals surface area contributed by atoms with Gasteiger partial charge in [0.1, 0.15) is 16.8 Å². The molecule has 2 amide bonds. The summed E-state index contributed by atoms with van der Waals surface area (Å²) in [4.78, 5) is 25.6. The van der Waals surface area contributed by atoms with Gasteiger partial charge in [0.25, 0.3) is 0 Å². The molecule has 6 heteroatoms. The third kappa shape index (κ3) is 2.14. The Hall–Kier alpha value is -2.11. The number of hydrogen-bond donors (Lipinski definition) is 1. The third-order valence-electron chi connectivity index (χ3n) is 3.75. The van der Waals surface area contributed by atoms with Gasteiger partial charge in [0.2, 0.25) is 5.91 Å². The molecular formula is C15H17FN2O3. The summed E-state index contributed by atoms with van der Waals surface area (Å²) in [7, 11) is 0. The molecule has 0 bridgehead atoms. The summed E-state index contributed by atoms with van der Waals surface area (Å²) in [5, 5.41) is 2.74. The van der Waals surface area contributed by atoms with E-state index in [0.717, 1.165) is 0 Å². The second-order valence-corrected chi connectivity index (χ2v) is 6.56. The number of rotatable bonds is 0. The lowest BCUT2D eigenvalue weighted by Crippen LogP contribution is -2.64. The fourth-order valence-electron chi connectivity index (χ4n) is 2.76. The van der Waals surface area contributed by atoms with Gasteiger partial charge in [-0.1, -0.05) is 0 Å². The van der Waals surface area contributed by atoms with Crippen LogP contribution in [0, 0.1) is 5.82 Å². The van der Waals surface area contributed by atoms with Crippen LogP contribution in [0.3, 0.4) is 0 Å². The van der Waals surface area contributed by atoms with Crippen LogP contribution in [0.15, 0.2) is 18.2 Å². The molecule has 2 aliphatic heterocycles. The van der Waals surface area contributed by atoms with Crippen molar-refractivity contribution >= 4 is 17.7 Å². The molecule has 2 aliphatic rings. The Morgan fingerprint density at radius 2 is 2.05 bits per heavy atom. The van der Waals surface area contributed by atoms with Gasteiger partial charge in [0.05, 0.1) is 0 Å². The lowest BCUT2D eigenvalue weighted by molar-refractivity contribution is -0.126. The number of ether oxygens (including phenoxy) is 1. The van der Waals surface area contributed by atoms with Gasteiger partial charge >= 0.3 is 6.09 Å². The van der Waals surface area contributed by atoms with E-state index in [1.54, 1.807) is 26.8 Å². The van der Waals surface area contributed by atoms with Gasteiger partial charge in [-0.2, -0.15) is 0 Å². The average molecular weight is 292 g/mol. The first-order valence-electron chi connectivity index (χ1n) is 6.81. The number of amides is 2. The van der Waals surface area contributed by atoms with Crippen molar-refractivity contribution in [2.45, 2.75) is 31.8 Å². The zero-order valence-corrected chi connectivity index (χ0v) is 12.2. The molecule has 0 aliphatic carbocycles. The molecule has 0 aromatic heterocycles. The molecule has 2 heterocycles. The van der Waals surface area contributed by atoms with Crippen LogP contribution in [0.2, 0.25) is 0 Å². The molecule has 1 fully saturated rings. The molecule has 1 aromatic carbocycles. The monoisotopic (exact) mass is 292 g/mol. The van der Waals surface area contributed by atoms with Crippen LogP contribution in [-0.4, -0.2) is 35.6 Å². The predicted octanol–water partition coefficient (Wildman–Crippen LogP) is 2.27. The van der Waals surface area contributed by atoms with Crippen molar-refractivity contribution in [2.75, 3.05) is 18.4 Å². The van der Waals surface area contributed by atoms with Gasteiger partial charge in [0, 0.05) is 18.8 Å². The number of fused-ring (bicyclic) bond motifs is 2. The topological polar surface area (TPSA) is 58.6 Å². The van der Waals surface area contributed by atoms with Gasteiger partial charge in [-0.05, 0) is 44.5 Å². The van der Waals surface area contributed by atoms with Gasteiger partial charge in [0.15, 0.2) is 0 Å². The summed E-state index contributed by atoms with van der Waals surface area (Å²) in [5.41, 5.74) is -0.187. The minimum atomic E-state index is -0.839. The Kier molecular flexibility index (Phi) is 2.77. The van der Waals surface area contributed by atoms with Gasteiger partial charge in [-0.25, -0.2) is 9.18 Å². The number of hydrogen-bond acceptors (Lipinski definition) is 3. The number of nitrogens with one attached hydrogen (secondary N) is 1. The number of likely N-dealkylation sites (tertiary alicyclic amines) is 1. The standard InChI is InChI=1S/C15H17FN2O3/c1-14(2,3)21-13(20)18-7-15(8-18)10-6-9(16)4-5-11(10)17-12(15)19/h4-6H,7-8H2,1-3H3,(H,17,19). The molecule has 1 saturated heterocycles. The molecule has 112 valence electrons. The van der Waals surface area contributed by atoms with Crippen molar-refractivity contribution in [1.82, 2.24) is 4.90 Å². The first kappa shape index (κ1) is 13.9. The second-order valence-electron chi connectivity index (χ2n) is 6.56. The van der Waals surface area contributed by atoms with Crippen LogP contribution in [0.4, 0.5) is 14.9 Å². The first-order valence-corrected chi connectivity index (χ1v) is 6.81. The van der Waals surface area contributed by atoms with Crippen molar-refractivity contribution in [1.29, 1.82) is 0 Å². The average Bonchev–Trinajstić information content (AvgIpc) is 2.56. The number of halogens is 1. The third-order valence-corrected chi connectivity index (χ3v) is 3.75.